The van der Waals surface area contributed by atoms with Crippen molar-refractivity contribution in [3.63, 3.8) is 0 Å². The fraction of sp³-hybridized carbons (Fsp3) is 0.500. The van der Waals surface area contributed by atoms with Crippen LogP contribution in [0.2, 0.25) is 0 Å². The van der Waals surface area contributed by atoms with Crippen molar-refractivity contribution in [2.75, 3.05) is 13.1 Å². The molecule has 2 rings (SSSR count). The van der Waals surface area contributed by atoms with Crippen LogP contribution in [0.1, 0.15) is 18.4 Å². The van der Waals surface area contributed by atoms with E-state index in [1.165, 1.54) is 18.9 Å². The van der Waals surface area contributed by atoms with Gasteiger partial charge in [0.2, 0.25) is 0 Å². The SMILES string of the molecule is Fc1ccccc1CN[C@H]1CCCNC1. The first kappa shape index (κ1) is 10.6. The molecule has 0 bridgehead atoms. The maximum absolute atomic E-state index is 13.3. The Labute approximate surface area is 89.9 Å². The van der Waals surface area contributed by atoms with Gasteiger partial charge in [-0.3, -0.25) is 0 Å². The van der Waals surface area contributed by atoms with Crippen molar-refractivity contribution < 1.29 is 4.39 Å². The van der Waals surface area contributed by atoms with E-state index in [0.717, 1.165) is 18.7 Å². The average molecular weight is 208 g/mol. The van der Waals surface area contributed by atoms with Crippen LogP contribution in [0.25, 0.3) is 0 Å². The standard InChI is InChI=1S/C12H17FN2/c13-12-6-2-1-4-10(12)8-15-11-5-3-7-14-9-11/h1-2,4,6,11,14-15H,3,5,7-9H2/t11-/m0/s1. The maximum atomic E-state index is 13.3. The van der Waals surface area contributed by atoms with Crippen LogP contribution < -0.4 is 10.6 Å². The molecule has 0 unspecified atom stereocenters. The number of piperidine rings is 1. The molecule has 0 aromatic heterocycles. The molecule has 3 heteroatoms. The third-order valence-corrected chi connectivity index (χ3v) is 2.84. The van der Waals surface area contributed by atoms with Gasteiger partial charge < -0.3 is 10.6 Å². The van der Waals surface area contributed by atoms with Crippen LogP contribution in [0.15, 0.2) is 24.3 Å². The van der Waals surface area contributed by atoms with E-state index in [0.29, 0.717) is 12.6 Å². The fourth-order valence-electron chi connectivity index (χ4n) is 1.92. The van der Waals surface area contributed by atoms with Crippen molar-refractivity contribution >= 4 is 0 Å². The largest absolute Gasteiger partial charge is 0.315 e. The fourth-order valence-corrected chi connectivity index (χ4v) is 1.92. The maximum Gasteiger partial charge on any atom is 0.127 e. The molecule has 15 heavy (non-hydrogen) atoms. The Bertz CT molecular complexity index is 308. The van der Waals surface area contributed by atoms with Crippen LogP contribution in [0.3, 0.4) is 0 Å². The van der Waals surface area contributed by atoms with Crippen LogP contribution in [0.4, 0.5) is 4.39 Å². The summed E-state index contributed by atoms with van der Waals surface area (Å²) >= 11 is 0. The smallest absolute Gasteiger partial charge is 0.127 e. The van der Waals surface area contributed by atoms with Crippen molar-refractivity contribution in [1.82, 2.24) is 10.6 Å². The van der Waals surface area contributed by atoms with Gasteiger partial charge in [0.05, 0.1) is 0 Å². The molecule has 1 heterocycles. The summed E-state index contributed by atoms with van der Waals surface area (Å²) in [6.45, 7) is 2.73. The molecular formula is C12H17FN2. The number of hydrogen-bond donors (Lipinski definition) is 2. The van der Waals surface area contributed by atoms with E-state index in [4.69, 9.17) is 0 Å². The third-order valence-electron chi connectivity index (χ3n) is 2.84. The first-order chi connectivity index (χ1) is 7.36. The second-order valence-corrected chi connectivity index (χ2v) is 4.02. The number of benzene rings is 1. The van der Waals surface area contributed by atoms with E-state index in [9.17, 15) is 4.39 Å². The Balaban J connectivity index is 1.84. The van der Waals surface area contributed by atoms with Gasteiger partial charge in [0, 0.05) is 24.7 Å². The summed E-state index contributed by atoms with van der Waals surface area (Å²) < 4.78 is 13.3. The molecule has 1 saturated heterocycles. The predicted octanol–water partition coefficient (Wildman–Crippen LogP) is 1.67. The molecule has 0 spiro atoms. The molecule has 2 nitrogen and oxygen atoms in total. The lowest BCUT2D eigenvalue weighted by molar-refractivity contribution is 0.386. The Morgan fingerprint density at radius 3 is 3.00 bits per heavy atom. The Hall–Kier alpha value is -0.930. The van der Waals surface area contributed by atoms with Crippen molar-refractivity contribution in [3.8, 4) is 0 Å². The van der Waals surface area contributed by atoms with Gasteiger partial charge in [-0.2, -0.15) is 0 Å². The summed E-state index contributed by atoms with van der Waals surface area (Å²) in [5.74, 6) is -0.117. The molecular weight excluding hydrogens is 191 g/mol. The monoisotopic (exact) mass is 208 g/mol. The lowest BCUT2D eigenvalue weighted by atomic mass is 10.1. The minimum atomic E-state index is -0.117. The summed E-state index contributed by atoms with van der Waals surface area (Å²) in [6.07, 6.45) is 2.39. The van der Waals surface area contributed by atoms with Crippen molar-refractivity contribution in [3.05, 3.63) is 35.6 Å². The zero-order chi connectivity index (χ0) is 10.5. The zero-order valence-electron chi connectivity index (χ0n) is 8.80. The van der Waals surface area contributed by atoms with E-state index in [1.807, 2.05) is 12.1 Å². The minimum Gasteiger partial charge on any atom is -0.315 e. The van der Waals surface area contributed by atoms with Crippen molar-refractivity contribution in [2.45, 2.75) is 25.4 Å². The lowest BCUT2D eigenvalue weighted by Gasteiger charge is -2.23. The van der Waals surface area contributed by atoms with Crippen molar-refractivity contribution in [1.29, 1.82) is 0 Å². The van der Waals surface area contributed by atoms with Gasteiger partial charge in [0.1, 0.15) is 5.82 Å². The summed E-state index contributed by atoms with van der Waals surface area (Å²) in [5, 5.41) is 6.71. The number of nitrogens with one attached hydrogen (secondary N) is 2. The van der Waals surface area contributed by atoms with Crippen LogP contribution in [0, 0.1) is 5.82 Å². The first-order valence-corrected chi connectivity index (χ1v) is 5.54. The van der Waals surface area contributed by atoms with Gasteiger partial charge in [-0.25, -0.2) is 4.39 Å². The van der Waals surface area contributed by atoms with Gasteiger partial charge in [0.25, 0.3) is 0 Å². The number of rotatable bonds is 3. The van der Waals surface area contributed by atoms with E-state index >= 15 is 0 Å². The molecule has 1 aromatic rings. The molecule has 82 valence electrons. The van der Waals surface area contributed by atoms with E-state index in [2.05, 4.69) is 10.6 Å². The second-order valence-electron chi connectivity index (χ2n) is 4.02. The molecule has 0 aliphatic carbocycles. The first-order valence-electron chi connectivity index (χ1n) is 5.54. The highest BCUT2D eigenvalue weighted by Gasteiger charge is 2.12. The van der Waals surface area contributed by atoms with Gasteiger partial charge in [-0.1, -0.05) is 18.2 Å². The van der Waals surface area contributed by atoms with Gasteiger partial charge in [0.15, 0.2) is 0 Å². The third kappa shape index (κ3) is 3.01. The topological polar surface area (TPSA) is 24.1 Å². The summed E-state index contributed by atoms with van der Waals surface area (Å²) in [5.41, 5.74) is 0.753. The molecule has 0 saturated carbocycles. The molecule has 2 N–H and O–H groups in total. The van der Waals surface area contributed by atoms with Crippen LogP contribution >= 0.6 is 0 Å². The highest BCUT2D eigenvalue weighted by molar-refractivity contribution is 5.17. The summed E-state index contributed by atoms with van der Waals surface area (Å²) in [6, 6.07) is 7.42. The number of hydrogen-bond acceptors (Lipinski definition) is 2. The van der Waals surface area contributed by atoms with Crippen LogP contribution in [0.5, 0.6) is 0 Å². The molecule has 1 aliphatic rings. The predicted molar refractivity (Wildman–Crippen MR) is 59.1 cm³/mol. The molecule has 1 atom stereocenters. The summed E-state index contributed by atoms with van der Waals surface area (Å²) in [7, 11) is 0. The van der Waals surface area contributed by atoms with Crippen LogP contribution in [-0.2, 0) is 6.54 Å². The van der Waals surface area contributed by atoms with E-state index in [1.54, 1.807) is 6.07 Å². The van der Waals surface area contributed by atoms with Crippen molar-refractivity contribution in [2.24, 2.45) is 0 Å². The van der Waals surface area contributed by atoms with Gasteiger partial charge in [-0.15, -0.1) is 0 Å². The summed E-state index contributed by atoms with van der Waals surface area (Å²) in [4.78, 5) is 0. The molecule has 0 radical (unpaired) electrons. The Morgan fingerprint density at radius 2 is 2.27 bits per heavy atom. The quantitative estimate of drug-likeness (QED) is 0.789. The molecule has 1 fully saturated rings. The molecule has 1 aliphatic heterocycles. The van der Waals surface area contributed by atoms with Gasteiger partial charge in [-0.05, 0) is 25.5 Å². The zero-order valence-corrected chi connectivity index (χ0v) is 8.80. The Morgan fingerprint density at radius 1 is 1.40 bits per heavy atom. The minimum absolute atomic E-state index is 0.117. The van der Waals surface area contributed by atoms with Gasteiger partial charge >= 0.3 is 0 Å². The molecule has 1 aromatic carbocycles. The highest BCUT2D eigenvalue weighted by atomic mass is 19.1. The Kier molecular flexibility index (Phi) is 3.69. The second kappa shape index (κ2) is 5.24. The normalized spacial score (nSPS) is 21.5. The average Bonchev–Trinajstić information content (AvgIpc) is 2.29. The van der Waals surface area contributed by atoms with E-state index < -0.39 is 0 Å². The highest BCUT2D eigenvalue weighted by Crippen LogP contribution is 2.07. The molecule has 0 amide bonds. The van der Waals surface area contributed by atoms with Crippen LogP contribution in [-0.4, -0.2) is 19.1 Å². The lowest BCUT2D eigenvalue weighted by Crippen LogP contribution is -2.42. The number of halogens is 1. The van der Waals surface area contributed by atoms with E-state index in [-0.39, 0.29) is 5.82 Å².